The number of imidazole rings is 1. The SMILES string of the molecule is Cn1c(CN2CCC(c3cc(C(F)(F)F)cc(C(F)(F)F)c3)CC2)nc2ncccc21. The van der Waals surface area contributed by atoms with Crippen molar-refractivity contribution >= 4 is 11.2 Å². The van der Waals surface area contributed by atoms with Gasteiger partial charge in [0.2, 0.25) is 0 Å². The highest BCUT2D eigenvalue weighted by atomic mass is 19.4. The Morgan fingerprint density at radius 3 is 2.13 bits per heavy atom. The summed E-state index contributed by atoms with van der Waals surface area (Å²) >= 11 is 0. The van der Waals surface area contributed by atoms with E-state index in [1.807, 2.05) is 23.7 Å². The molecular weight excluding hydrogens is 422 g/mol. The predicted molar refractivity (Wildman–Crippen MR) is 102 cm³/mol. The number of alkyl halides is 6. The van der Waals surface area contributed by atoms with Crippen LogP contribution in [0.15, 0.2) is 36.5 Å². The molecule has 1 aliphatic rings. The number of nitrogens with zero attached hydrogens (tertiary/aromatic N) is 4. The van der Waals surface area contributed by atoms with E-state index in [0.29, 0.717) is 38.1 Å². The van der Waals surface area contributed by atoms with Crippen LogP contribution in [0, 0.1) is 0 Å². The molecule has 4 nitrogen and oxygen atoms in total. The predicted octanol–water partition coefficient (Wildman–Crippen LogP) is 5.39. The van der Waals surface area contributed by atoms with Crippen molar-refractivity contribution in [2.24, 2.45) is 7.05 Å². The van der Waals surface area contributed by atoms with Crippen LogP contribution in [0.5, 0.6) is 0 Å². The number of fused-ring (bicyclic) bond motifs is 1. The zero-order valence-corrected chi connectivity index (χ0v) is 16.6. The van der Waals surface area contributed by atoms with Gasteiger partial charge in [-0.1, -0.05) is 0 Å². The van der Waals surface area contributed by atoms with Crippen LogP contribution in [-0.2, 0) is 25.9 Å². The molecule has 31 heavy (non-hydrogen) atoms. The standard InChI is InChI=1S/C21H20F6N4/c1-30-17-3-2-6-28-19(17)29-18(30)12-31-7-4-13(5-8-31)14-9-15(20(22,23)24)11-16(10-14)21(25,26)27/h2-3,6,9-11,13H,4-5,7-8,12H2,1H3. The van der Waals surface area contributed by atoms with E-state index >= 15 is 0 Å². The van der Waals surface area contributed by atoms with Crippen molar-refractivity contribution in [2.75, 3.05) is 13.1 Å². The van der Waals surface area contributed by atoms with Gasteiger partial charge in [-0.2, -0.15) is 26.3 Å². The van der Waals surface area contributed by atoms with E-state index in [2.05, 4.69) is 14.9 Å². The lowest BCUT2D eigenvalue weighted by atomic mass is 9.87. The molecule has 0 amide bonds. The van der Waals surface area contributed by atoms with Crippen molar-refractivity contribution in [2.45, 2.75) is 37.7 Å². The Labute approximate surface area is 174 Å². The highest BCUT2D eigenvalue weighted by Gasteiger charge is 2.37. The van der Waals surface area contributed by atoms with Crippen molar-refractivity contribution in [3.8, 4) is 0 Å². The Morgan fingerprint density at radius 2 is 1.58 bits per heavy atom. The molecule has 0 bridgehead atoms. The fourth-order valence-corrected chi connectivity index (χ4v) is 4.05. The monoisotopic (exact) mass is 442 g/mol. The third-order valence-electron chi connectivity index (χ3n) is 5.78. The molecule has 0 saturated carbocycles. The summed E-state index contributed by atoms with van der Waals surface area (Å²) in [7, 11) is 1.89. The van der Waals surface area contributed by atoms with Crippen LogP contribution in [0.4, 0.5) is 26.3 Å². The Morgan fingerprint density at radius 1 is 0.968 bits per heavy atom. The zero-order chi connectivity index (χ0) is 22.4. The van der Waals surface area contributed by atoms with Crippen molar-refractivity contribution in [1.82, 2.24) is 19.4 Å². The van der Waals surface area contributed by atoms with E-state index in [4.69, 9.17) is 0 Å². The number of aromatic nitrogens is 3. The van der Waals surface area contributed by atoms with Crippen molar-refractivity contribution in [3.05, 3.63) is 59.0 Å². The molecule has 0 spiro atoms. The molecule has 0 radical (unpaired) electrons. The van der Waals surface area contributed by atoms with Gasteiger partial charge in [-0.25, -0.2) is 9.97 Å². The molecule has 2 aromatic heterocycles. The van der Waals surface area contributed by atoms with Gasteiger partial charge in [0.1, 0.15) is 5.82 Å². The van der Waals surface area contributed by atoms with Gasteiger partial charge in [-0.3, -0.25) is 4.90 Å². The maximum atomic E-state index is 13.1. The quantitative estimate of drug-likeness (QED) is 0.511. The lowest BCUT2D eigenvalue weighted by molar-refractivity contribution is -0.143. The summed E-state index contributed by atoms with van der Waals surface area (Å²) < 4.78 is 80.8. The summed E-state index contributed by atoms with van der Waals surface area (Å²) in [6, 6.07) is 5.62. The minimum Gasteiger partial charge on any atom is -0.329 e. The number of aryl methyl sites for hydroxylation is 1. The summed E-state index contributed by atoms with van der Waals surface area (Å²) in [6.07, 6.45) is -7.05. The first-order valence-electron chi connectivity index (χ1n) is 9.80. The summed E-state index contributed by atoms with van der Waals surface area (Å²) in [5.41, 5.74) is -0.887. The summed E-state index contributed by atoms with van der Waals surface area (Å²) in [6.45, 7) is 1.65. The fraction of sp³-hybridized carbons (Fsp3) is 0.429. The molecule has 1 aliphatic heterocycles. The second-order valence-corrected chi connectivity index (χ2v) is 7.82. The summed E-state index contributed by atoms with van der Waals surface area (Å²) in [5.74, 6) is 0.451. The van der Waals surface area contributed by atoms with Crippen LogP contribution in [-0.4, -0.2) is 32.5 Å². The van der Waals surface area contributed by atoms with Gasteiger partial charge in [0.25, 0.3) is 0 Å². The fourth-order valence-electron chi connectivity index (χ4n) is 4.05. The van der Waals surface area contributed by atoms with Crippen LogP contribution in [0.25, 0.3) is 11.2 Å². The smallest absolute Gasteiger partial charge is 0.329 e. The number of hydrogen-bond donors (Lipinski definition) is 0. The number of pyridine rings is 1. The Kier molecular flexibility index (Phi) is 5.45. The molecule has 0 aliphatic carbocycles. The first-order chi connectivity index (χ1) is 14.5. The lowest BCUT2D eigenvalue weighted by Crippen LogP contribution is -2.33. The molecule has 4 rings (SSSR count). The van der Waals surface area contributed by atoms with Gasteiger partial charge < -0.3 is 4.57 Å². The van der Waals surface area contributed by atoms with E-state index in [0.717, 1.165) is 23.5 Å². The Hall–Kier alpha value is -2.62. The largest absolute Gasteiger partial charge is 0.416 e. The zero-order valence-electron chi connectivity index (χ0n) is 16.6. The molecule has 0 unspecified atom stereocenters. The topological polar surface area (TPSA) is 34.0 Å². The molecule has 1 aromatic carbocycles. The van der Waals surface area contributed by atoms with Crippen LogP contribution in [0.1, 0.15) is 41.3 Å². The average Bonchev–Trinajstić information content (AvgIpc) is 3.02. The molecule has 0 N–H and O–H groups in total. The Bertz CT molecular complexity index is 1050. The van der Waals surface area contributed by atoms with Gasteiger partial charge in [-0.05, 0) is 67.7 Å². The highest BCUT2D eigenvalue weighted by molar-refractivity contribution is 5.71. The van der Waals surface area contributed by atoms with E-state index in [1.54, 1.807) is 6.20 Å². The number of halogens is 6. The number of benzene rings is 1. The molecule has 1 fully saturated rings. The maximum absolute atomic E-state index is 13.1. The first kappa shape index (κ1) is 21.6. The molecular formula is C21H20F6N4. The van der Waals surface area contributed by atoms with E-state index in [9.17, 15) is 26.3 Å². The summed E-state index contributed by atoms with van der Waals surface area (Å²) in [4.78, 5) is 10.9. The molecule has 0 atom stereocenters. The minimum atomic E-state index is -4.83. The number of hydrogen-bond acceptors (Lipinski definition) is 3. The number of likely N-dealkylation sites (tertiary alicyclic amines) is 1. The normalized spacial score (nSPS) is 16.9. The Balaban J connectivity index is 1.50. The van der Waals surface area contributed by atoms with E-state index < -0.39 is 23.5 Å². The number of piperidine rings is 1. The average molecular weight is 442 g/mol. The molecule has 1 saturated heterocycles. The van der Waals surface area contributed by atoms with E-state index in [-0.39, 0.29) is 17.5 Å². The molecule has 3 aromatic rings. The third kappa shape index (κ3) is 4.53. The molecule has 166 valence electrons. The second kappa shape index (κ2) is 7.81. The van der Waals surface area contributed by atoms with Crippen LogP contribution in [0.2, 0.25) is 0 Å². The van der Waals surface area contributed by atoms with Gasteiger partial charge in [0, 0.05) is 13.2 Å². The van der Waals surface area contributed by atoms with Crippen LogP contribution in [0.3, 0.4) is 0 Å². The van der Waals surface area contributed by atoms with Gasteiger partial charge >= 0.3 is 12.4 Å². The third-order valence-corrected chi connectivity index (χ3v) is 5.78. The van der Waals surface area contributed by atoms with Gasteiger partial charge in [0.15, 0.2) is 5.65 Å². The van der Waals surface area contributed by atoms with Crippen molar-refractivity contribution in [3.63, 3.8) is 0 Å². The number of rotatable bonds is 3. The van der Waals surface area contributed by atoms with E-state index in [1.165, 1.54) is 0 Å². The highest BCUT2D eigenvalue weighted by Crippen LogP contribution is 2.39. The molecule has 3 heterocycles. The second-order valence-electron chi connectivity index (χ2n) is 7.82. The van der Waals surface area contributed by atoms with Crippen LogP contribution >= 0.6 is 0 Å². The van der Waals surface area contributed by atoms with Gasteiger partial charge in [-0.15, -0.1) is 0 Å². The van der Waals surface area contributed by atoms with Crippen LogP contribution < -0.4 is 0 Å². The molecule has 10 heteroatoms. The lowest BCUT2D eigenvalue weighted by Gasteiger charge is -2.32. The van der Waals surface area contributed by atoms with Crippen molar-refractivity contribution in [1.29, 1.82) is 0 Å². The first-order valence-corrected chi connectivity index (χ1v) is 9.80. The van der Waals surface area contributed by atoms with Gasteiger partial charge in [0.05, 0.1) is 23.2 Å². The summed E-state index contributed by atoms with van der Waals surface area (Å²) in [5, 5.41) is 0. The van der Waals surface area contributed by atoms with Crippen molar-refractivity contribution < 1.29 is 26.3 Å². The maximum Gasteiger partial charge on any atom is 0.416 e. The minimum absolute atomic E-state index is 0.0914.